The number of halogens is 3. The number of rotatable bonds is 7. The monoisotopic (exact) mass is 558 g/mol. The highest BCUT2D eigenvalue weighted by molar-refractivity contribution is 6.34. The molecule has 9 nitrogen and oxygen atoms in total. The summed E-state index contributed by atoms with van der Waals surface area (Å²) in [6.07, 6.45) is 1.65. The van der Waals surface area contributed by atoms with E-state index in [4.69, 9.17) is 11.6 Å². The third kappa shape index (κ3) is 5.47. The Kier molecular flexibility index (Phi) is 7.83. The average molecular weight is 559 g/mol. The Morgan fingerprint density at radius 2 is 1.95 bits per heavy atom. The molecule has 1 atom stereocenters. The fraction of sp³-hybridized carbons (Fsp3) is 0.370. The minimum Gasteiger partial charge on any atom is -0.507 e. The summed E-state index contributed by atoms with van der Waals surface area (Å²) in [6.45, 7) is 7.71. The number of nitrogens with one attached hydrogen (secondary N) is 1. The van der Waals surface area contributed by atoms with Gasteiger partial charge in [-0.05, 0) is 30.7 Å². The van der Waals surface area contributed by atoms with Crippen LogP contribution in [0, 0.1) is 11.6 Å². The van der Waals surface area contributed by atoms with Crippen LogP contribution < -0.4 is 10.2 Å². The SMILES string of the molecule is C=CC(=O)N1CCN(c2nc(NCCN3CCC(O)C3)nc3c(F)c(-c4c(O)cccc4F)c(Cl)cc23)CC1. The molecule has 206 valence electrons. The lowest BCUT2D eigenvalue weighted by Crippen LogP contribution is -2.48. The van der Waals surface area contributed by atoms with E-state index in [1.807, 2.05) is 4.90 Å². The number of carbonyl (C=O) groups is 1. The summed E-state index contributed by atoms with van der Waals surface area (Å²) in [5.41, 5.74) is -0.714. The van der Waals surface area contributed by atoms with Crippen molar-refractivity contribution in [2.24, 2.45) is 0 Å². The van der Waals surface area contributed by atoms with Gasteiger partial charge in [-0.3, -0.25) is 9.69 Å². The topological polar surface area (TPSA) is 105 Å². The first-order valence-corrected chi connectivity index (χ1v) is 13.1. The molecule has 2 aliphatic heterocycles. The fourth-order valence-electron chi connectivity index (χ4n) is 5.10. The van der Waals surface area contributed by atoms with Crippen LogP contribution in [0.5, 0.6) is 5.75 Å². The van der Waals surface area contributed by atoms with Crippen LogP contribution in [-0.2, 0) is 4.79 Å². The van der Waals surface area contributed by atoms with E-state index in [2.05, 4.69) is 26.8 Å². The van der Waals surface area contributed by atoms with Gasteiger partial charge in [0.25, 0.3) is 0 Å². The number of fused-ring (bicyclic) bond motifs is 1. The quantitative estimate of drug-likeness (QED) is 0.380. The van der Waals surface area contributed by atoms with Gasteiger partial charge in [0.2, 0.25) is 11.9 Å². The second kappa shape index (κ2) is 11.3. The van der Waals surface area contributed by atoms with Gasteiger partial charge < -0.3 is 25.3 Å². The van der Waals surface area contributed by atoms with E-state index < -0.39 is 17.4 Å². The molecule has 2 fully saturated rings. The van der Waals surface area contributed by atoms with Crippen molar-refractivity contribution in [3.63, 3.8) is 0 Å². The molecule has 1 unspecified atom stereocenters. The number of anilines is 2. The molecule has 2 aliphatic rings. The molecule has 0 saturated carbocycles. The maximum absolute atomic E-state index is 16.1. The number of carbonyl (C=O) groups excluding carboxylic acids is 1. The highest BCUT2D eigenvalue weighted by atomic mass is 35.5. The van der Waals surface area contributed by atoms with Crippen LogP contribution in [0.2, 0.25) is 5.02 Å². The molecule has 3 heterocycles. The fourth-order valence-corrected chi connectivity index (χ4v) is 5.38. The van der Waals surface area contributed by atoms with Gasteiger partial charge in [-0.1, -0.05) is 24.2 Å². The normalized spacial score (nSPS) is 18.1. The number of amides is 1. The molecule has 3 N–H and O–H groups in total. The van der Waals surface area contributed by atoms with Crippen LogP contribution in [0.25, 0.3) is 22.0 Å². The molecular weight excluding hydrogens is 530 g/mol. The van der Waals surface area contributed by atoms with E-state index >= 15 is 4.39 Å². The molecule has 0 bridgehead atoms. The van der Waals surface area contributed by atoms with E-state index in [9.17, 15) is 19.4 Å². The summed E-state index contributed by atoms with van der Waals surface area (Å²) in [4.78, 5) is 26.9. The number of aliphatic hydroxyl groups excluding tert-OH is 1. The molecule has 0 spiro atoms. The summed E-state index contributed by atoms with van der Waals surface area (Å²) in [5, 5.41) is 23.5. The Labute approximate surface area is 229 Å². The van der Waals surface area contributed by atoms with Crippen molar-refractivity contribution in [2.75, 3.05) is 62.6 Å². The summed E-state index contributed by atoms with van der Waals surface area (Å²) in [7, 11) is 0. The average Bonchev–Trinajstić information content (AvgIpc) is 3.34. The van der Waals surface area contributed by atoms with Gasteiger partial charge in [0.15, 0.2) is 5.82 Å². The Bertz CT molecular complexity index is 1400. The summed E-state index contributed by atoms with van der Waals surface area (Å²) in [6, 6.07) is 5.18. The zero-order valence-electron chi connectivity index (χ0n) is 21.2. The Hall–Kier alpha value is -3.54. The lowest BCUT2D eigenvalue weighted by atomic mass is 10.0. The van der Waals surface area contributed by atoms with E-state index in [-0.39, 0.29) is 39.6 Å². The molecule has 1 amide bonds. The number of aromatic hydroxyl groups is 1. The maximum Gasteiger partial charge on any atom is 0.246 e. The molecule has 0 radical (unpaired) electrons. The lowest BCUT2D eigenvalue weighted by Gasteiger charge is -2.35. The second-order valence-electron chi connectivity index (χ2n) is 9.63. The number of hydrogen-bond donors (Lipinski definition) is 3. The molecule has 0 aliphatic carbocycles. The standard InChI is InChI=1S/C27H29ClF2N6O3/c1-2-21(39)35-10-12-36(13-11-35)26-17-14-18(28)22(23-19(29)4-3-5-20(23)38)24(30)25(17)32-27(33-26)31-7-9-34-8-6-16(37)15-34/h2-5,14,16,37-38H,1,6-13,15H2,(H,31,32,33). The largest absolute Gasteiger partial charge is 0.507 e. The van der Waals surface area contributed by atoms with E-state index in [0.717, 1.165) is 12.6 Å². The second-order valence-corrected chi connectivity index (χ2v) is 10.0. The Balaban J connectivity index is 1.54. The number of benzene rings is 2. The highest BCUT2D eigenvalue weighted by Crippen LogP contribution is 2.42. The van der Waals surface area contributed by atoms with Gasteiger partial charge >= 0.3 is 0 Å². The molecule has 39 heavy (non-hydrogen) atoms. The summed E-state index contributed by atoms with van der Waals surface area (Å²) < 4.78 is 30.8. The predicted octanol–water partition coefficient (Wildman–Crippen LogP) is 3.25. The Morgan fingerprint density at radius 3 is 2.62 bits per heavy atom. The van der Waals surface area contributed by atoms with E-state index in [1.54, 1.807) is 4.90 Å². The van der Waals surface area contributed by atoms with Crippen LogP contribution in [0.1, 0.15) is 6.42 Å². The van der Waals surface area contributed by atoms with E-state index in [1.165, 1.54) is 24.3 Å². The highest BCUT2D eigenvalue weighted by Gasteiger charge is 2.27. The number of likely N-dealkylation sites (tertiary alicyclic amines) is 1. The molecular formula is C27H29ClF2N6O3. The van der Waals surface area contributed by atoms with Crippen molar-refractivity contribution < 1.29 is 23.8 Å². The Morgan fingerprint density at radius 1 is 1.18 bits per heavy atom. The number of piperazine rings is 1. The number of phenols is 1. The van der Waals surface area contributed by atoms with Gasteiger partial charge in [0, 0.05) is 63.3 Å². The number of phenolic OH excluding ortho intramolecular Hbond substituents is 1. The van der Waals surface area contributed by atoms with Crippen molar-refractivity contribution in [1.82, 2.24) is 19.8 Å². The van der Waals surface area contributed by atoms with Crippen LogP contribution in [0.4, 0.5) is 20.5 Å². The van der Waals surface area contributed by atoms with Crippen LogP contribution in [0.15, 0.2) is 36.9 Å². The number of aliphatic hydroxyl groups is 1. The third-order valence-corrected chi connectivity index (χ3v) is 7.43. The van der Waals surface area contributed by atoms with Crippen LogP contribution in [-0.4, -0.2) is 94.4 Å². The number of β-amino-alcohol motifs (C(OH)–C–C–N with tert-alkyl or cyclic N) is 1. The van der Waals surface area contributed by atoms with Crippen molar-refractivity contribution in [1.29, 1.82) is 0 Å². The summed E-state index contributed by atoms with van der Waals surface area (Å²) in [5.74, 6) is -1.72. The first kappa shape index (κ1) is 27.0. The van der Waals surface area contributed by atoms with Gasteiger partial charge in [-0.15, -0.1) is 0 Å². The number of hydrogen-bond acceptors (Lipinski definition) is 8. The van der Waals surface area contributed by atoms with Crippen LogP contribution >= 0.6 is 11.6 Å². The minimum absolute atomic E-state index is 0.0780. The van der Waals surface area contributed by atoms with Gasteiger partial charge in [0.1, 0.15) is 22.9 Å². The van der Waals surface area contributed by atoms with Gasteiger partial charge in [0.05, 0.1) is 16.7 Å². The van der Waals surface area contributed by atoms with Crippen molar-refractivity contribution in [2.45, 2.75) is 12.5 Å². The van der Waals surface area contributed by atoms with Crippen molar-refractivity contribution in [3.05, 3.63) is 53.6 Å². The molecule has 12 heteroatoms. The molecule has 2 saturated heterocycles. The smallest absolute Gasteiger partial charge is 0.246 e. The van der Waals surface area contributed by atoms with Gasteiger partial charge in [-0.2, -0.15) is 4.98 Å². The first-order chi connectivity index (χ1) is 18.8. The van der Waals surface area contributed by atoms with E-state index in [0.29, 0.717) is 63.4 Å². The van der Waals surface area contributed by atoms with Crippen LogP contribution in [0.3, 0.4) is 0 Å². The molecule has 3 aromatic rings. The predicted molar refractivity (Wildman–Crippen MR) is 146 cm³/mol. The van der Waals surface area contributed by atoms with Gasteiger partial charge in [-0.25, -0.2) is 13.8 Å². The number of nitrogens with zero attached hydrogens (tertiary/aromatic N) is 5. The van der Waals surface area contributed by atoms with Crippen molar-refractivity contribution >= 4 is 40.2 Å². The number of aromatic nitrogens is 2. The molecule has 5 rings (SSSR count). The first-order valence-electron chi connectivity index (χ1n) is 12.7. The maximum atomic E-state index is 16.1. The van der Waals surface area contributed by atoms with Crippen molar-refractivity contribution in [3.8, 4) is 16.9 Å². The zero-order chi connectivity index (χ0) is 27.7. The third-order valence-electron chi connectivity index (χ3n) is 7.13. The molecule has 2 aromatic carbocycles. The zero-order valence-corrected chi connectivity index (χ0v) is 22.0. The lowest BCUT2D eigenvalue weighted by molar-refractivity contribution is -0.126. The molecule has 1 aromatic heterocycles. The summed E-state index contributed by atoms with van der Waals surface area (Å²) >= 11 is 6.49. The minimum atomic E-state index is -0.882.